The van der Waals surface area contributed by atoms with Crippen molar-refractivity contribution >= 4 is 28.8 Å². The first-order valence-corrected chi connectivity index (χ1v) is 11.9. The quantitative estimate of drug-likeness (QED) is 0.630. The van der Waals surface area contributed by atoms with E-state index in [0.717, 1.165) is 47.1 Å². The first-order valence-electron chi connectivity index (χ1n) is 11.0. The fraction of sp³-hybridized carbons (Fsp3) is 0.458. The SMILES string of the molecule is CCC1=C(C(=O)OC)[C@@H](c2ccc(C)cc2)N2C(CC(=O)NC[C@@H]3CCCO3)=CSC2=N1. The van der Waals surface area contributed by atoms with Gasteiger partial charge in [0.1, 0.15) is 0 Å². The molecule has 3 aliphatic rings. The number of allylic oxidation sites excluding steroid dienone is 1. The van der Waals surface area contributed by atoms with E-state index in [0.29, 0.717) is 18.5 Å². The van der Waals surface area contributed by atoms with Gasteiger partial charge in [0.05, 0.1) is 36.9 Å². The standard InChI is InChI=1S/C24H29N3O4S/c1-4-19-21(23(29)30-3)22(16-9-7-15(2)8-10-16)27-17(14-32-24(27)26-19)12-20(28)25-13-18-6-5-11-31-18/h7-10,14,18,22H,4-6,11-13H2,1-3H3,(H,25,28)/t18-,22+/m0/s1. The molecule has 1 aromatic carbocycles. The lowest BCUT2D eigenvalue weighted by Gasteiger charge is -2.36. The minimum absolute atomic E-state index is 0.0684. The molecule has 8 heteroatoms. The summed E-state index contributed by atoms with van der Waals surface area (Å²) >= 11 is 1.48. The van der Waals surface area contributed by atoms with Gasteiger partial charge in [-0.15, -0.1) is 0 Å². The zero-order chi connectivity index (χ0) is 22.7. The van der Waals surface area contributed by atoms with E-state index >= 15 is 0 Å². The van der Waals surface area contributed by atoms with E-state index < -0.39 is 12.0 Å². The van der Waals surface area contributed by atoms with Crippen LogP contribution in [0.3, 0.4) is 0 Å². The van der Waals surface area contributed by atoms with Crippen LogP contribution in [-0.4, -0.2) is 48.3 Å². The largest absolute Gasteiger partial charge is 0.466 e. The van der Waals surface area contributed by atoms with Crippen LogP contribution in [0.5, 0.6) is 0 Å². The minimum Gasteiger partial charge on any atom is -0.466 e. The number of ether oxygens (including phenoxy) is 2. The predicted octanol–water partition coefficient (Wildman–Crippen LogP) is 3.82. The number of fused-ring (bicyclic) bond motifs is 1. The third-order valence-electron chi connectivity index (χ3n) is 5.91. The number of rotatable bonds is 7. The van der Waals surface area contributed by atoms with Crippen LogP contribution in [0.25, 0.3) is 0 Å². The summed E-state index contributed by atoms with van der Waals surface area (Å²) in [6.45, 7) is 5.30. The Balaban J connectivity index is 1.62. The summed E-state index contributed by atoms with van der Waals surface area (Å²) in [6, 6.07) is 7.72. The molecule has 0 unspecified atom stereocenters. The third-order valence-corrected chi connectivity index (χ3v) is 6.80. The first kappa shape index (κ1) is 22.6. The van der Waals surface area contributed by atoms with Crippen molar-refractivity contribution in [3.8, 4) is 0 Å². The van der Waals surface area contributed by atoms with Crippen LogP contribution in [0.1, 0.15) is 49.8 Å². The van der Waals surface area contributed by atoms with Gasteiger partial charge >= 0.3 is 5.97 Å². The van der Waals surface area contributed by atoms with E-state index in [1.807, 2.05) is 48.4 Å². The highest BCUT2D eigenvalue weighted by molar-refractivity contribution is 8.16. The Morgan fingerprint density at radius 2 is 2.09 bits per heavy atom. The van der Waals surface area contributed by atoms with Gasteiger partial charge in [0, 0.05) is 18.8 Å². The number of hydrogen-bond acceptors (Lipinski definition) is 7. The van der Waals surface area contributed by atoms with Crippen LogP contribution in [0.15, 0.2) is 51.6 Å². The fourth-order valence-corrected chi connectivity index (χ4v) is 5.17. The number of aliphatic imine (C=N–C) groups is 1. The number of carbonyl (C=O) groups is 2. The van der Waals surface area contributed by atoms with Gasteiger partial charge in [-0.2, -0.15) is 0 Å². The molecule has 1 amide bonds. The molecule has 170 valence electrons. The van der Waals surface area contributed by atoms with E-state index in [-0.39, 0.29) is 18.4 Å². The van der Waals surface area contributed by atoms with Crippen molar-refractivity contribution in [3.05, 3.63) is 57.8 Å². The molecule has 4 rings (SSSR count). The molecule has 3 aliphatic heterocycles. The summed E-state index contributed by atoms with van der Waals surface area (Å²) in [4.78, 5) is 32.3. The van der Waals surface area contributed by atoms with Crippen LogP contribution in [-0.2, 0) is 19.1 Å². The molecule has 0 spiro atoms. The molecule has 0 radical (unpaired) electrons. The number of thioether (sulfide) groups is 1. The first-order chi connectivity index (χ1) is 15.5. The molecule has 0 saturated carbocycles. The summed E-state index contributed by atoms with van der Waals surface area (Å²) in [6.07, 6.45) is 2.93. The second kappa shape index (κ2) is 9.92. The molecular formula is C24H29N3O4S. The molecule has 1 aromatic rings. The highest BCUT2D eigenvalue weighted by Crippen LogP contribution is 2.45. The van der Waals surface area contributed by atoms with Gasteiger partial charge in [-0.3, -0.25) is 4.79 Å². The summed E-state index contributed by atoms with van der Waals surface area (Å²) in [5.41, 5.74) is 4.16. The zero-order valence-electron chi connectivity index (χ0n) is 18.7. The van der Waals surface area contributed by atoms with Crippen molar-refractivity contribution in [2.24, 2.45) is 4.99 Å². The van der Waals surface area contributed by atoms with Gasteiger partial charge in [-0.05, 0) is 37.2 Å². The van der Waals surface area contributed by atoms with E-state index in [4.69, 9.17) is 14.5 Å². The second-order valence-electron chi connectivity index (χ2n) is 8.13. The highest BCUT2D eigenvalue weighted by Gasteiger charge is 2.41. The number of esters is 1. The van der Waals surface area contributed by atoms with Gasteiger partial charge in [-0.25, -0.2) is 9.79 Å². The molecular weight excluding hydrogens is 426 g/mol. The minimum atomic E-state index is -0.394. The number of amidine groups is 1. The zero-order valence-corrected chi connectivity index (χ0v) is 19.5. The molecule has 2 atom stereocenters. The van der Waals surface area contributed by atoms with Gasteiger partial charge in [0.2, 0.25) is 5.91 Å². The number of nitrogens with one attached hydrogen (secondary N) is 1. The number of nitrogens with zero attached hydrogens (tertiary/aromatic N) is 2. The van der Waals surface area contributed by atoms with Gasteiger partial charge in [0.25, 0.3) is 0 Å². The Kier molecular flexibility index (Phi) is 7.01. The number of benzene rings is 1. The highest BCUT2D eigenvalue weighted by atomic mass is 32.2. The summed E-state index contributed by atoms with van der Waals surface area (Å²) in [7, 11) is 1.39. The number of aryl methyl sites for hydroxylation is 1. The Morgan fingerprint density at radius 1 is 1.31 bits per heavy atom. The molecule has 1 saturated heterocycles. The lowest BCUT2D eigenvalue weighted by atomic mass is 9.92. The Morgan fingerprint density at radius 3 is 2.75 bits per heavy atom. The smallest absolute Gasteiger partial charge is 0.338 e. The fourth-order valence-electron chi connectivity index (χ4n) is 4.24. The monoisotopic (exact) mass is 455 g/mol. The summed E-state index contributed by atoms with van der Waals surface area (Å²) in [5, 5.41) is 5.73. The molecule has 7 nitrogen and oxygen atoms in total. The van der Waals surface area contributed by atoms with Crippen LogP contribution < -0.4 is 5.32 Å². The van der Waals surface area contributed by atoms with Gasteiger partial charge in [-0.1, -0.05) is 48.5 Å². The van der Waals surface area contributed by atoms with Gasteiger partial charge in [0.15, 0.2) is 5.17 Å². The normalized spacial score (nSPS) is 22.4. The van der Waals surface area contributed by atoms with Crippen molar-refractivity contribution in [3.63, 3.8) is 0 Å². The topological polar surface area (TPSA) is 80.2 Å². The Hall–Kier alpha value is -2.58. The molecule has 0 bridgehead atoms. The maximum Gasteiger partial charge on any atom is 0.338 e. The van der Waals surface area contributed by atoms with E-state index in [1.54, 1.807) is 0 Å². The average molecular weight is 456 g/mol. The lowest BCUT2D eigenvalue weighted by Crippen LogP contribution is -2.39. The number of hydrogen-bond donors (Lipinski definition) is 1. The van der Waals surface area contributed by atoms with Crippen molar-refractivity contribution in [1.82, 2.24) is 10.2 Å². The lowest BCUT2D eigenvalue weighted by molar-refractivity contribution is -0.136. The predicted molar refractivity (Wildman–Crippen MR) is 125 cm³/mol. The van der Waals surface area contributed by atoms with Crippen molar-refractivity contribution < 1.29 is 19.1 Å². The average Bonchev–Trinajstić information content (AvgIpc) is 3.46. The molecule has 0 aromatic heterocycles. The number of carbonyl (C=O) groups excluding carboxylic acids is 2. The maximum absolute atomic E-state index is 12.9. The molecule has 32 heavy (non-hydrogen) atoms. The van der Waals surface area contributed by atoms with E-state index in [2.05, 4.69) is 5.32 Å². The van der Waals surface area contributed by atoms with Crippen molar-refractivity contribution in [2.75, 3.05) is 20.3 Å². The molecule has 0 aliphatic carbocycles. The van der Waals surface area contributed by atoms with E-state index in [1.165, 1.54) is 18.9 Å². The van der Waals surface area contributed by atoms with Crippen molar-refractivity contribution in [2.45, 2.75) is 51.7 Å². The molecule has 1 N–H and O–H groups in total. The second-order valence-corrected chi connectivity index (χ2v) is 8.96. The van der Waals surface area contributed by atoms with Crippen LogP contribution in [0.4, 0.5) is 0 Å². The van der Waals surface area contributed by atoms with Crippen LogP contribution >= 0.6 is 11.8 Å². The Bertz CT molecular complexity index is 977. The van der Waals surface area contributed by atoms with Gasteiger partial charge < -0.3 is 19.7 Å². The molecule has 3 heterocycles. The summed E-state index contributed by atoms with van der Waals surface area (Å²) in [5.74, 6) is -0.463. The number of methoxy groups -OCH3 is 1. The van der Waals surface area contributed by atoms with E-state index in [9.17, 15) is 9.59 Å². The molecule has 1 fully saturated rings. The maximum atomic E-state index is 12.9. The van der Waals surface area contributed by atoms with Crippen LogP contribution in [0, 0.1) is 6.92 Å². The Labute approximate surface area is 192 Å². The third kappa shape index (κ3) is 4.61. The van der Waals surface area contributed by atoms with Crippen LogP contribution in [0.2, 0.25) is 0 Å². The number of amides is 1. The summed E-state index contributed by atoms with van der Waals surface area (Å²) < 4.78 is 10.7. The van der Waals surface area contributed by atoms with Crippen molar-refractivity contribution in [1.29, 1.82) is 0 Å².